The summed E-state index contributed by atoms with van der Waals surface area (Å²) in [6, 6.07) is 19.5. The van der Waals surface area contributed by atoms with Crippen molar-refractivity contribution in [1.82, 2.24) is 0 Å². The number of fused-ring (bicyclic) bond motifs is 3. The minimum atomic E-state index is -0.0203. The van der Waals surface area contributed by atoms with Crippen LogP contribution in [0, 0.1) is 0 Å². The molecule has 4 rings (SSSR count). The topological polar surface area (TPSA) is 26.0 Å². The Morgan fingerprint density at radius 2 is 1.75 bits per heavy atom. The molecule has 20 heavy (non-hydrogen) atoms. The Morgan fingerprint density at radius 3 is 2.60 bits per heavy atom. The fraction of sp³-hybridized carbons (Fsp3) is 0.111. The summed E-state index contributed by atoms with van der Waals surface area (Å²) in [4.78, 5) is 1.22. The summed E-state index contributed by atoms with van der Waals surface area (Å²) in [6.45, 7) is 0. The van der Waals surface area contributed by atoms with Gasteiger partial charge in [0.2, 0.25) is 0 Å². The summed E-state index contributed by atoms with van der Waals surface area (Å²) in [5, 5.41) is 2.08. The predicted octanol–water partition coefficient (Wildman–Crippen LogP) is 4.37. The summed E-state index contributed by atoms with van der Waals surface area (Å²) in [6.07, 6.45) is 1.04. The van der Waals surface area contributed by atoms with Gasteiger partial charge >= 0.3 is 0 Å². The Balaban J connectivity index is 1.80. The maximum absolute atomic E-state index is 6.39. The highest BCUT2D eigenvalue weighted by Crippen LogP contribution is 2.38. The van der Waals surface area contributed by atoms with Crippen LogP contribution in [-0.2, 0) is 6.42 Å². The maximum atomic E-state index is 6.39. The lowest BCUT2D eigenvalue weighted by atomic mass is 9.99. The monoisotopic (exact) mass is 277 g/mol. The summed E-state index contributed by atoms with van der Waals surface area (Å²) >= 11 is 1.72. The lowest BCUT2D eigenvalue weighted by Crippen LogP contribution is -2.10. The molecule has 0 spiro atoms. The van der Waals surface area contributed by atoms with Crippen molar-refractivity contribution in [1.29, 1.82) is 0 Å². The molecule has 0 saturated heterocycles. The molecule has 1 aliphatic carbocycles. The van der Waals surface area contributed by atoms with E-state index in [1.165, 1.54) is 32.7 Å². The van der Waals surface area contributed by atoms with E-state index < -0.39 is 0 Å². The molecule has 1 heterocycles. The molecule has 2 N–H and O–H groups in total. The van der Waals surface area contributed by atoms with Crippen molar-refractivity contribution in [3.05, 3.63) is 81.5 Å². The fourth-order valence-electron chi connectivity index (χ4n) is 2.97. The summed E-state index contributed by atoms with van der Waals surface area (Å²) in [5.74, 6) is 0. The van der Waals surface area contributed by atoms with Gasteiger partial charge in [0.05, 0.1) is 6.04 Å². The van der Waals surface area contributed by atoms with Crippen LogP contribution in [0.25, 0.3) is 11.1 Å². The first-order valence-corrected chi connectivity index (χ1v) is 7.71. The van der Waals surface area contributed by atoms with Gasteiger partial charge in [0.25, 0.3) is 0 Å². The van der Waals surface area contributed by atoms with Crippen LogP contribution in [0.1, 0.15) is 27.6 Å². The number of hydrogen-bond acceptors (Lipinski definition) is 2. The molecule has 2 heteroatoms. The number of benzene rings is 2. The Bertz CT molecular complexity index is 759. The van der Waals surface area contributed by atoms with Gasteiger partial charge in [-0.1, -0.05) is 42.5 Å². The van der Waals surface area contributed by atoms with E-state index in [0.29, 0.717) is 0 Å². The minimum Gasteiger partial charge on any atom is -0.320 e. The zero-order valence-electron chi connectivity index (χ0n) is 11.0. The van der Waals surface area contributed by atoms with Crippen LogP contribution in [0.4, 0.5) is 0 Å². The summed E-state index contributed by atoms with van der Waals surface area (Å²) in [7, 11) is 0. The summed E-state index contributed by atoms with van der Waals surface area (Å²) in [5.41, 5.74) is 13.1. The molecule has 0 amide bonds. The van der Waals surface area contributed by atoms with Crippen molar-refractivity contribution in [2.24, 2.45) is 5.73 Å². The third-order valence-electron chi connectivity index (χ3n) is 4.03. The van der Waals surface area contributed by atoms with E-state index in [-0.39, 0.29) is 6.04 Å². The van der Waals surface area contributed by atoms with Gasteiger partial charge in [-0.05, 0) is 51.8 Å². The Labute approximate surface area is 122 Å². The van der Waals surface area contributed by atoms with E-state index >= 15 is 0 Å². The molecule has 0 aliphatic heterocycles. The summed E-state index contributed by atoms with van der Waals surface area (Å²) < 4.78 is 0. The van der Waals surface area contributed by atoms with Crippen molar-refractivity contribution in [3.63, 3.8) is 0 Å². The third-order valence-corrected chi connectivity index (χ3v) is 4.99. The van der Waals surface area contributed by atoms with E-state index in [9.17, 15) is 0 Å². The largest absolute Gasteiger partial charge is 0.320 e. The van der Waals surface area contributed by atoms with E-state index in [4.69, 9.17) is 5.73 Å². The molecular weight excluding hydrogens is 262 g/mol. The zero-order chi connectivity index (χ0) is 13.5. The van der Waals surface area contributed by atoms with E-state index in [1.54, 1.807) is 11.3 Å². The van der Waals surface area contributed by atoms with Crippen LogP contribution in [0.15, 0.2) is 60.0 Å². The second-order valence-electron chi connectivity index (χ2n) is 5.24. The Morgan fingerprint density at radius 1 is 0.900 bits per heavy atom. The van der Waals surface area contributed by atoms with Gasteiger partial charge in [0, 0.05) is 4.88 Å². The highest BCUT2D eigenvalue weighted by atomic mass is 32.1. The van der Waals surface area contributed by atoms with Crippen molar-refractivity contribution in [2.45, 2.75) is 12.5 Å². The molecule has 0 radical (unpaired) electrons. The Hall–Kier alpha value is -1.90. The first kappa shape index (κ1) is 11.9. The molecule has 0 bridgehead atoms. The molecular formula is C18H15NS. The lowest BCUT2D eigenvalue weighted by Gasteiger charge is -2.12. The quantitative estimate of drug-likeness (QED) is 0.578. The van der Waals surface area contributed by atoms with Crippen molar-refractivity contribution < 1.29 is 0 Å². The van der Waals surface area contributed by atoms with Crippen LogP contribution >= 0.6 is 11.3 Å². The lowest BCUT2D eigenvalue weighted by molar-refractivity contribution is 0.893. The maximum Gasteiger partial charge on any atom is 0.0646 e. The number of thiophene rings is 1. The van der Waals surface area contributed by atoms with Gasteiger partial charge in [-0.15, -0.1) is 11.3 Å². The van der Waals surface area contributed by atoms with Gasteiger partial charge in [0.1, 0.15) is 0 Å². The number of hydrogen-bond donors (Lipinski definition) is 1. The highest BCUT2D eigenvalue weighted by Gasteiger charge is 2.19. The van der Waals surface area contributed by atoms with Crippen molar-refractivity contribution in [3.8, 4) is 11.1 Å². The standard InChI is InChI=1S/C18H15NS/c19-18(17-6-3-9-20-17)14-8-7-13-10-12-4-1-2-5-15(12)16(13)11-14/h1-9,11,18H,10,19H2. The molecule has 1 nitrogen and oxygen atoms in total. The molecule has 3 aromatic rings. The first-order valence-electron chi connectivity index (χ1n) is 6.83. The van der Waals surface area contributed by atoms with Crippen LogP contribution in [0.2, 0.25) is 0 Å². The molecule has 0 saturated carbocycles. The first-order chi connectivity index (χ1) is 9.83. The third kappa shape index (κ3) is 1.80. The Kier molecular flexibility index (Phi) is 2.72. The molecule has 1 aromatic heterocycles. The normalized spacial score (nSPS) is 13.8. The van der Waals surface area contributed by atoms with Gasteiger partial charge in [-0.3, -0.25) is 0 Å². The zero-order valence-corrected chi connectivity index (χ0v) is 11.9. The average molecular weight is 277 g/mol. The van der Waals surface area contributed by atoms with Crippen LogP contribution < -0.4 is 5.73 Å². The predicted molar refractivity (Wildman–Crippen MR) is 85.0 cm³/mol. The molecule has 1 atom stereocenters. The number of nitrogens with two attached hydrogens (primary N) is 1. The van der Waals surface area contributed by atoms with E-state index in [0.717, 1.165) is 6.42 Å². The molecule has 1 unspecified atom stereocenters. The van der Waals surface area contributed by atoms with Gasteiger partial charge in [0.15, 0.2) is 0 Å². The second-order valence-corrected chi connectivity index (χ2v) is 6.22. The highest BCUT2D eigenvalue weighted by molar-refractivity contribution is 7.10. The van der Waals surface area contributed by atoms with Crippen molar-refractivity contribution in [2.75, 3.05) is 0 Å². The van der Waals surface area contributed by atoms with Gasteiger partial charge in [-0.2, -0.15) is 0 Å². The van der Waals surface area contributed by atoms with Crippen LogP contribution in [0.5, 0.6) is 0 Å². The molecule has 2 aromatic carbocycles. The van der Waals surface area contributed by atoms with Crippen molar-refractivity contribution >= 4 is 11.3 Å². The average Bonchev–Trinajstić information content (AvgIpc) is 3.13. The minimum absolute atomic E-state index is 0.0203. The number of rotatable bonds is 2. The molecule has 1 aliphatic rings. The van der Waals surface area contributed by atoms with E-state index in [1.807, 2.05) is 0 Å². The van der Waals surface area contributed by atoms with Gasteiger partial charge in [-0.25, -0.2) is 0 Å². The van der Waals surface area contributed by atoms with Gasteiger partial charge < -0.3 is 5.73 Å². The molecule has 98 valence electrons. The second kappa shape index (κ2) is 4.58. The van der Waals surface area contributed by atoms with E-state index in [2.05, 4.69) is 60.0 Å². The molecule has 0 fully saturated rings. The van der Waals surface area contributed by atoms with Crippen LogP contribution in [-0.4, -0.2) is 0 Å². The fourth-order valence-corrected chi connectivity index (χ4v) is 3.72. The smallest absolute Gasteiger partial charge is 0.0646 e. The SMILES string of the molecule is NC(c1ccc2c(c1)-c1ccccc1C2)c1cccs1. The van der Waals surface area contributed by atoms with Crippen LogP contribution in [0.3, 0.4) is 0 Å².